The van der Waals surface area contributed by atoms with E-state index in [0.29, 0.717) is 5.91 Å². The van der Waals surface area contributed by atoms with E-state index in [0.717, 1.165) is 45.2 Å². The molecule has 17 heavy (non-hydrogen) atoms. The first-order valence-electron chi connectivity index (χ1n) is 6.80. The van der Waals surface area contributed by atoms with E-state index in [9.17, 15) is 9.90 Å². The van der Waals surface area contributed by atoms with Crippen molar-refractivity contribution in [2.24, 2.45) is 11.8 Å². The lowest BCUT2D eigenvalue weighted by Gasteiger charge is -2.36. The van der Waals surface area contributed by atoms with Gasteiger partial charge in [-0.05, 0) is 39.0 Å². The SMILES string of the molecule is CC(O)C1CCCN(C(=O)C2CC=CCC2)C1. The van der Waals surface area contributed by atoms with Crippen LogP contribution >= 0.6 is 0 Å². The van der Waals surface area contributed by atoms with Crippen LogP contribution in [0, 0.1) is 11.8 Å². The highest BCUT2D eigenvalue weighted by atomic mass is 16.3. The number of hydrogen-bond acceptors (Lipinski definition) is 2. The van der Waals surface area contributed by atoms with E-state index < -0.39 is 0 Å². The van der Waals surface area contributed by atoms with E-state index in [1.165, 1.54) is 0 Å². The monoisotopic (exact) mass is 237 g/mol. The summed E-state index contributed by atoms with van der Waals surface area (Å²) in [7, 11) is 0. The first kappa shape index (κ1) is 12.6. The highest BCUT2D eigenvalue weighted by Crippen LogP contribution is 2.25. The minimum Gasteiger partial charge on any atom is -0.393 e. The van der Waals surface area contributed by atoms with Crippen LogP contribution < -0.4 is 0 Å². The number of carbonyl (C=O) groups is 1. The maximum absolute atomic E-state index is 12.3. The Morgan fingerprint density at radius 3 is 2.88 bits per heavy atom. The Hall–Kier alpha value is -0.830. The zero-order chi connectivity index (χ0) is 12.3. The number of amides is 1. The van der Waals surface area contributed by atoms with Gasteiger partial charge in [0.25, 0.3) is 0 Å². The summed E-state index contributed by atoms with van der Waals surface area (Å²) >= 11 is 0. The molecule has 2 rings (SSSR count). The van der Waals surface area contributed by atoms with Gasteiger partial charge in [-0.1, -0.05) is 12.2 Å². The minimum atomic E-state index is -0.295. The van der Waals surface area contributed by atoms with Crippen LogP contribution in [0.2, 0.25) is 0 Å². The Bertz CT molecular complexity index is 299. The van der Waals surface area contributed by atoms with E-state index in [4.69, 9.17) is 0 Å². The number of likely N-dealkylation sites (tertiary alicyclic amines) is 1. The van der Waals surface area contributed by atoms with Gasteiger partial charge in [-0.25, -0.2) is 0 Å². The summed E-state index contributed by atoms with van der Waals surface area (Å²) in [6.45, 7) is 3.46. The van der Waals surface area contributed by atoms with Gasteiger partial charge in [0.2, 0.25) is 5.91 Å². The molecule has 1 fully saturated rings. The third-order valence-corrected chi connectivity index (χ3v) is 4.07. The zero-order valence-electron chi connectivity index (χ0n) is 10.6. The largest absolute Gasteiger partial charge is 0.393 e. The summed E-state index contributed by atoms with van der Waals surface area (Å²) in [6, 6.07) is 0. The van der Waals surface area contributed by atoms with Crippen LogP contribution in [0.5, 0.6) is 0 Å². The molecule has 0 saturated carbocycles. The molecule has 3 unspecified atom stereocenters. The fourth-order valence-corrected chi connectivity index (χ4v) is 2.88. The fourth-order valence-electron chi connectivity index (χ4n) is 2.88. The van der Waals surface area contributed by atoms with Crippen molar-refractivity contribution in [3.63, 3.8) is 0 Å². The van der Waals surface area contributed by atoms with Gasteiger partial charge in [-0.2, -0.15) is 0 Å². The molecule has 2 aliphatic rings. The van der Waals surface area contributed by atoms with E-state index in [1.807, 2.05) is 11.8 Å². The third kappa shape index (κ3) is 3.09. The molecule has 0 aromatic carbocycles. The Morgan fingerprint density at radius 1 is 1.41 bits per heavy atom. The molecule has 1 aliphatic carbocycles. The number of rotatable bonds is 2. The molecule has 3 atom stereocenters. The average molecular weight is 237 g/mol. The second-order valence-corrected chi connectivity index (χ2v) is 5.41. The first-order chi connectivity index (χ1) is 8.18. The van der Waals surface area contributed by atoms with E-state index in [1.54, 1.807) is 0 Å². The van der Waals surface area contributed by atoms with Gasteiger partial charge < -0.3 is 10.0 Å². The molecule has 0 radical (unpaired) electrons. The Kier molecular flexibility index (Phi) is 4.21. The second kappa shape index (κ2) is 5.67. The molecule has 0 spiro atoms. The van der Waals surface area contributed by atoms with Crippen molar-refractivity contribution in [2.45, 2.75) is 45.1 Å². The van der Waals surface area contributed by atoms with Crippen LogP contribution in [-0.2, 0) is 4.79 Å². The number of piperidine rings is 1. The first-order valence-corrected chi connectivity index (χ1v) is 6.80. The molecular formula is C14H23NO2. The van der Waals surface area contributed by atoms with Crippen molar-refractivity contribution >= 4 is 5.91 Å². The average Bonchev–Trinajstić information content (AvgIpc) is 2.39. The predicted molar refractivity (Wildman–Crippen MR) is 67.5 cm³/mol. The highest BCUT2D eigenvalue weighted by Gasteiger charge is 2.30. The molecule has 0 bridgehead atoms. The van der Waals surface area contributed by atoms with Gasteiger partial charge in [0.15, 0.2) is 0 Å². The number of carbonyl (C=O) groups excluding carboxylic acids is 1. The summed E-state index contributed by atoms with van der Waals surface area (Å²) in [5, 5.41) is 9.64. The molecule has 3 nitrogen and oxygen atoms in total. The van der Waals surface area contributed by atoms with Gasteiger partial charge in [-0.15, -0.1) is 0 Å². The minimum absolute atomic E-state index is 0.188. The number of hydrogen-bond donors (Lipinski definition) is 1. The van der Waals surface area contributed by atoms with Crippen molar-refractivity contribution in [3.8, 4) is 0 Å². The maximum atomic E-state index is 12.3. The van der Waals surface area contributed by atoms with Crippen LogP contribution in [-0.4, -0.2) is 35.1 Å². The van der Waals surface area contributed by atoms with Crippen LogP contribution in [0.3, 0.4) is 0 Å². The zero-order valence-corrected chi connectivity index (χ0v) is 10.6. The molecule has 0 aromatic rings. The molecular weight excluding hydrogens is 214 g/mol. The molecule has 1 N–H and O–H groups in total. The maximum Gasteiger partial charge on any atom is 0.226 e. The molecule has 0 aromatic heterocycles. The van der Waals surface area contributed by atoms with Crippen molar-refractivity contribution in [1.82, 2.24) is 4.90 Å². The normalized spacial score (nSPS) is 31.3. The third-order valence-electron chi connectivity index (χ3n) is 4.07. The van der Waals surface area contributed by atoms with Crippen molar-refractivity contribution in [2.75, 3.05) is 13.1 Å². The van der Waals surface area contributed by atoms with Gasteiger partial charge in [-0.3, -0.25) is 4.79 Å². The number of nitrogens with zero attached hydrogens (tertiary/aromatic N) is 1. The Morgan fingerprint density at radius 2 is 2.24 bits per heavy atom. The Balaban J connectivity index is 1.92. The summed E-state index contributed by atoms with van der Waals surface area (Å²) < 4.78 is 0. The lowest BCUT2D eigenvalue weighted by Crippen LogP contribution is -2.45. The number of aliphatic hydroxyl groups excluding tert-OH is 1. The van der Waals surface area contributed by atoms with Gasteiger partial charge in [0.05, 0.1) is 6.10 Å². The number of allylic oxidation sites excluding steroid dienone is 2. The second-order valence-electron chi connectivity index (χ2n) is 5.41. The topological polar surface area (TPSA) is 40.5 Å². The van der Waals surface area contributed by atoms with Gasteiger partial charge in [0, 0.05) is 24.9 Å². The summed E-state index contributed by atoms with van der Waals surface area (Å²) in [6.07, 6.45) is 9.00. The fraction of sp³-hybridized carbons (Fsp3) is 0.786. The Labute approximate surface area is 103 Å². The molecule has 1 aliphatic heterocycles. The van der Waals surface area contributed by atoms with E-state index in [2.05, 4.69) is 12.2 Å². The standard InChI is InChI=1S/C14H23NO2/c1-11(16)13-8-5-9-15(10-13)14(17)12-6-3-2-4-7-12/h2-3,11-13,16H,4-10H2,1H3. The van der Waals surface area contributed by atoms with E-state index in [-0.39, 0.29) is 17.9 Å². The quantitative estimate of drug-likeness (QED) is 0.746. The number of aliphatic hydroxyl groups is 1. The molecule has 1 amide bonds. The van der Waals surface area contributed by atoms with Crippen LogP contribution in [0.15, 0.2) is 12.2 Å². The summed E-state index contributed by atoms with van der Waals surface area (Å²) in [5.41, 5.74) is 0. The van der Waals surface area contributed by atoms with Gasteiger partial charge >= 0.3 is 0 Å². The predicted octanol–water partition coefficient (Wildman–Crippen LogP) is 1.96. The highest BCUT2D eigenvalue weighted by molar-refractivity contribution is 5.79. The van der Waals surface area contributed by atoms with Crippen LogP contribution in [0.1, 0.15) is 39.0 Å². The molecule has 96 valence electrons. The van der Waals surface area contributed by atoms with Crippen LogP contribution in [0.4, 0.5) is 0 Å². The lowest BCUT2D eigenvalue weighted by molar-refractivity contribution is -0.138. The van der Waals surface area contributed by atoms with Crippen molar-refractivity contribution in [3.05, 3.63) is 12.2 Å². The molecule has 1 saturated heterocycles. The molecule has 3 heteroatoms. The van der Waals surface area contributed by atoms with Crippen LogP contribution in [0.25, 0.3) is 0 Å². The smallest absolute Gasteiger partial charge is 0.226 e. The summed E-state index contributed by atoms with van der Waals surface area (Å²) in [5.74, 6) is 0.763. The van der Waals surface area contributed by atoms with Gasteiger partial charge in [0.1, 0.15) is 0 Å². The van der Waals surface area contributed by atoms with Crippen molar-refractivity contribution in [1.29, 1.82) is 0 Å². The van der Waals surface area contributed by atoms with Crippen molar-refractivity contribution < 1.29 is 9.90 Å². The summed E-state index contributed by atoms with van der Waals surface area (Å²) in [4.78, 5) is 14.3. The lowest BCUT2D eigenvalue weighted by atomic mass is 9.89. The van der Waals surface area contributed by atoms with E-state index >= 15 is 0 Å². The molecule has 1 heterocycles.